The number of hydrogen-bond acceptors (Lipinski definition) is 4. The lowest BCUT2D eigenvalue weighted by molar-refractivity contribution is -0.0689. The molecule has 1 heterocycles. The summed E-state index contributed by atoms with van der Waals surface area (Å²) in [6.07, 6.45) is 0.835. The summed E-state index contributed by atoms with van der Waals surface area (Å²) in [6, 6.07) is 4.60. The summed E-state index contributed by atoms with van der Waals surface area (Å²) in [5.74, 6) is 0. The first-order valence-corrected chi connectivity index (χ1v) is 9.07. The van der Waals surface area contributed by atoms with E-state index in [-0.39, 0.29) is 16.5 Å². The van der Waals surface area contributed by atoms with Gasteiger partial charge in [0.1, 0.15) is 4.90 Å². The van der Waals surface area contributed by atoms with E-state index in [1.807, 2.05) is 0 Å². The maximum atomic E-state index is 12.6. The van der Waals surface area contributed by atoms with E-state index in [0.29, 0.717) is 30.5 Å². The lowest BCUT2D eigenvalue weighted by Gasteiger charge is -2.35. The Morgan fingerprint density at radius 1 is 1.43 bits per heavy atom. The monoisotopic (exact) mass is 397 g/mol. The van der Waals surface area contributed by atoms with Crippen LogP contribution in [0.4, 0.5) is 0 Å². The van der Waals surface area contributed by atoms with Gasteiger partial charge in [0.15, 0.2) is 0 Å². The minimum absolute atomic E-state index is 0.0189. The van der Waals surface area contributed by atoms with Crippen molar-refractivity contribution in [2.24, 2.45) is 0 Å². The maximum absolute atomic E-state index is 12.6. The van der Waals surface area contributed by atoms with Crippen LogP contribution < -0.4 is 0 Å². The molecule has 21 heavy (non-hydrogen) atoms. The first kappa shape index (κ1) is 17.2. The molecular formula is C13H17BrClNO4S. The zero-order valence-electron chi connectivity index (χ0n) is 11.6. The lowest BCUT2D eigenvalue weighted by Crippen LogP contribution is -2.47. The van der Waals surface area contributed by atoms with Crippen molar-refractivity contribution >= 4 is 37.6 Å². The van der Waals surface area contributed by atoms with E-state index in [1.54, 1.807) is 6.07 Å². The van der Waals surface area contributed by atoms with Crippen molar-refractivity contribution in [2.75, 3.05) is 26.8 Å². The van der Waals surface area contributed by atoms with Gasteiger partial charge in [-0.1, -0.05) is 27.5 Å². The quantitative estimate of drug-likeness (QED) is 0.845. The minimum Gasteiger partial charge on any atom is -0.388 e. The van der Waals surface area contributed by atoms with Crippen molar-refractivity contribution in [1.82, 2.24) is 4.31 Å². The molecule has 1 aromatic rings. The molecule has 8 heteroatoms. The van der Waals surface area contributed by atoms with Gasteiger partial charge in [-0.05, 0) is 18.2 Å². The maximum Gasteiger partial charge on any atom is 0.244 e. The van der Waals surface area contributed by atoms with Gasteiger partial charge in [-0.3, -0.25) is 0 Å². The van der Waals surface area contributed by atoms with Gasteiger partial charge < -0.3 is 9.84 Å². The van der Waals surface area contributed by atoms with E-state index < -0.39 is 15.6 Å². The highest BCUT2D eigenvalue weighted by Crippen LogP contribution is 2.29. The average Bonchev–Trinajstić information content (AvgIpc) is 2.38. The summed E-state index contributed by atoms with van der Waals surface area (Å²) >= 11 is 9.26. The Labute approximate surface area is 138 Å². The fourth-order valence-electron chi connectivity index (χ4n) is 2.26. The Kier molecular flexibility index (Phi) is 5.33. The number of hydrogen-bond donors (Lipinski definition) is 1. The molecule has 0 unspecified atom stereocenters. The van der Waals surface area contributed by atoms with Crippen molar-refractivity contribution in [3.8, 4) is 0 Å². The molecule has 0 amide bonds. The van der Waals surface area contributed by atoms with Crippen LogP contribution in [0.15, 0.2) is 27.6 Å². The molecule has 2 rings (SSSR count). The third-order valence-electron chi connectivity index (χ3n) is 3.52. The molecular weight excluding hydrogens is 382 g/mol. The molecule has 118 valence electrons. The van der Waals surface area contributed by atoms with Crippen LogP contribution >= 0.6 is 27.5 Å². The van der Waals surface area contributed by atoms with E-state index in [0.717, 1.165) is 4.31 Å². The average molecular weight is 399 g/mol. The Hall–Kier alpha value is -0.180. The third-order valence-corrected chi connectivity index (χ3v) is 6.30. The van der Waals surface area contributed by atoms with E-state index in [1.165, 1.54) is 19.2 Å². The number of rotatable bonds is 4. The van der Waals surface area contributed by atoms with Gasteiger partial charge in [0, 0.05) is 44.1 Å². The lowest BCUT2D eigenvalue weighted by atomic mass is 9.95. The smallest absolute Gasteiger partial charge is 0.244 e. The standard InChI is InChI=1S/C13H17BrClNO4S/c1-16(9-13(17)4-6-20-7-5-13)21(18,19)12-3-2-10(14)8-11(12)15/h2-3,8,17H,4-7,9H2,1H3. The summed E-state index contributed by atoms with van der Waals surface area (Å²) in [4.78, 5) is 0.0329. The Morgan fingerprint density at radius 2 is 2.05 bits per heavy atom. The number of benzene rings is 1. The van der Waals surface area contributed by atoms with Crippen LogP contribution in [-0.4, -0.2) is 50.2 Å². The largest absolute Gasteiger partial charge is 0.388 e. The van der Waals surface area contributed by atoms with Crippen molar-refractivity contribution in [3.63, 3.8) is 0 Å². The molecule has 1 aromatic carbocycles. The molecule has 1 aliphatic heterocycles. The van der Waals surface area contributed by atoms with E-state index >= 15 is 0 Å². The summed E-state index contributed by atoms with van der Waals surface area (Å²) in [5.41, 5.74) is -1.05. The van der Waals surface area contributed by atoms with Gasteiger partial charge >= 0.3 is 0 Å². The summed E-state index contributed by atoms with van der Waals surface area (Å²) < 4.78 is 32.2. The molecule has 1 saturated heterocycles. The van der Waals surface area contributed by atoms with Crippen LogP contribution in [0.1, 0.15) is 12.8 Å². The van der Waals surface area contributed by atoms with Crippen LogP contribution in [0.5, 0.6) is 0 Å². The Balaban J connectivity index is 2.22. The van der Waals surface area contributed by atoms with Crippen molar-refractivity contribution < 1.29 is 18.3 Å². The second-order valence-electron chi connectivity index (χ2n) is 5.17. The van der Waals surface area contributed by atoms with Crippen LogP contribution in [0, 0.1) is 0 Å². The van der Waals surface area contributed by atoms with Gasteiger partial charge in [0.05, 0.1) is 10.6 Å². The number of sulfonamides is 1. The topological polar surface area (TPSA) is 66.8 Å². The van der Waals surface area contributed by atoms with E-state index in [9.17, 15) is 13.5 Å². The highest BCUT2D eigenvalue weighted by molar-refractivity contribution is 9.10. The summed E-state index contributed by atoms with van der Waals surface area (Å²) in [6.45, 7) is 0.887. The highest BCUT2D eigenvalue weighted by Gasteiger charge is 2.35. The fourth-order valence-corrected chi connectivity index (χ4v) is 4.52. The van der Waals surface area contributed by atoms with Crippen LogP contribution in [0.3, 0.4) is 0 Å². The molecule has 0 atom stereocenters. The van der Waals surface area contributed by atoms with E-state index in [4.69, 9.17) is 16.3 Å². The fraction of sp³-hybridized carbons (Fsp3) is 0.538. The van der Waals surface area contributed by atoms with E-state index in [2.05, 4.69) is 15.9 Å². The van der Waals surface area contributed by atoms with Gasteiger partial charge in [0.25, 0.3) is 0 Å². The zero-order valence-corrected chi connectivity index (χ0v) is 14.7. The summed E-state index contributed by atoms with van der Waals surface area (Å²) in [7, 11) is -2.30. The van der Waals surface area contributed by atoms with Crippen molar-refractivity contribution in [3.05, 3.63) is 27.7 Å². The second kappa shape index (κ2) is 6.52. The SMILES string of the molecule is CN(CC1(O)CCOCC1)S(=O)(=O)c1ccc(Br)cc1Cl. The molecule has 0 aliphatic carbocycles. The predicted molar refractivity (Wildman–Crippen MR) is 84.0 cm³/mol. The van der Waals surface area contributed by atoms with Gasteiger partial charge in [-0.15, -0.1) is 0 Å². The predicted octanol–water partition coefficient (Wildman–Crippen LogP) is 2.26. The van der Waals surface area contributed by atoms with Crippen molar-refractivity contribution in [1.29, 1.82) is 0 Å². The molecule has 1 N–H and O–H groups in total. The van der Waals surface area contributed by atoms with Crippen LogP contribution in [-0.2, 0) is 14.8 Å². The molecule has 0 bridgehead atoms. The first-order chi connectivity index (χ1) is 9.74. The zero-order chi connectivity index (χ0) is 15.7. The first-order valence-electron chi connectivity index (χ1n) is 6.46. The van der Waals surface area contributed by atoms with Crippen LogP contribution in [0.2, 0.25) is 5.02 Å². The number of aliphatic hydroxyl groups is 1. The van der Waals surface area contributed by atoms with Crippen LogP contribution in [0.25, 0.3) is 0 Å². The third kappa shape index (κ3) is 3.97. The van der Waals surface area contributed by atoms with Gasteiger partial charge in [-0.25, -0.2) is 8.42 Å². The number of likely N-dealkylation sites (N-methyl/N-ethyl adjacent to an activating group) is 1. The Bertz CT molecular complexity index is 617. The van der Waals surface area contributed by atoms with Crippen molar-refractivity contribution in [2.45, 2.75) is 23.3 Å². The highest BCUT2D eigenvalue weighted by atomic mass is 79.9. The molecule has 0 aromatic heterocycles. The van der Waals surface area contributed by atoms with Gasteiger partial charge in [0.2, 0.25) is 10.0 Å². The minimum atomic E-state index is -3.74. The van der Waals surface area contributed by atoms with Gasteiger partial charge in [-0.2, -0.15) is 4.31 Å². The molecule has 1 fully saturated rings. The number of ether oxygens (including phenoxy) is 1. The molecule has 1 aliphatic rings. The summed E-state index contributed by atoms with van der Waals surface area (Å²) in [5, 5.41) is 10.6. The molecule has 0 spiro atoms. The number of halogens is 2. The molecule has 0 radical (unpaired) electrons. The Morgan fingerprint density at radius 3 is 2.62 bits per heavy atom. The normalized spacial score (nSPS) is 18.9. The number of nitrogens with zero attached hydrogens (tertiary/aromatic N) is 1. The molecule has 0 saturated carbocycles. The molecule has 5 nitrogen and oxygen atoms in total. The second-order valence-corrected chi connectivity index (χ2v) is 8.51.